The van der Waals surface area contributed by atoms with Gasteiger partial charge in [0.05, 0.1) is 13.0 Å². The molecule has 0 aromatic heterocycles. The molecule has 0 bridgehead atoms. The summed E-state index contributed by atoms with van der Waals surface area (Å²) in [6.45, 7) is 0.647. The Kier molecular flexibility index (Phi) is 5.37. The van der Waals surface area contributed by atoms with Crippen LogP contribution in [0.3, 0.4) is 0 Å². The first kappa shape index (κ1) is 16.7. The van der Waals surface area contributed by atoms with E-state index in [1.54, 1.807) is 30.3 Å². The Balaban J connectivity index is 1.36. The molecule has 0 saturated heterocycles. The molecule has 2 aromatic rings. The molecule has 0 atom stereocenters. The number of rotatable bonds is 5. The average Bonchev–Trinajstić information content (AvgIpc) is 3.08. The molecule has 0 unspecified atom stereocenters. The second-order valence-electron chi connectivity index (χ2n) is 5.24. The van der Waals surface area contributed by atoms with Crippen LogP contribution in [0.1, 0.15) is 5.56 Å². The molecule has 1 aliphatic heterocycles. The van der Waals surface area contributed by atoms with Gasteiger partial charge in [-0.15, -0.1) is 0 Å². The number of carbonyl (C=O) groups is 1. The largest absolute Gasteiger partial charge is 0.481 e. The molecule has 1 N–H and O–H groups in total. The Labute approximate surface area is 144 Å². The van der Waals surface area contributed by atoms with Crippen molar-refractivity contribution in [2.45, 2.75) is 6.42 Å². The zero-order valence-electron chi connectivity index (χ0n) is 13.4. The Hall–Kier alpha value is -3.20. The maximum atomic E-state index is 12.8. The lowest BCUT2D eigenvalue weighted by Gasteiger charge is -2.03. The molecule has 5 nitrogen and oxygen atoms in total. The van der Waals surface area contributed by atoms with Crippen LogP contribution >= 0.6 is 0 Å². The predicted octanol–water partition coefficient (Wildman–Crippen LogP) is 2.30. The van der Waals surface area contributed by atoms with Gasteiger partial charge in [0.1, 0.15) is 18.2 Å². The molecule has 2 aromatic carbocycles. The summed E-state index contributed by atoms with van der Waals surface area (Å²) in [6, 6.07) is 11.1. The molecule has 1 aliphatic rings. The van der Waals surface area contributed by atoms with Crippen LogP contribution in [0.25, 0.3) is 0 Å². The van der Waals surface area contributed by atoms with Crippen molar-refractivity contribution in [3.05, 3.63) is 53.8 Å². The van der Waals surface area contributed by atoms with E-state index in [2.05, 4.69) is 17.2 Å². The summed E-state index contributed by atoms with van der Waals surface area (Å²) in [5.74, 6) is 7.13. The second-order valence-corrected chi connectivity index (χ2v) is 5.24. The zero-order chi connectivity index (χ0) is 17.5. The molecule has 0 fully saturated rings. The van der Waals surface area contributed by atoms with E-state index in [-0.39, 0.29) is 38.1 Å². The lowest BCUT2D eigenvalue weighted by molar-refractivity contribution is -0.120. The lowest BCUT2D eigenvalue weighted by Crippen LogP contribution is -2.25. The third kappa shape index (κ3) is 4.88. The van der Waals surface area contributed by atoms with E-state index in [9.17, 15) is 9.18 Å². The van der Waals surface area contributed by atoms with Gasteiger partial charge in [0.2, 0.25) is 12.7 Å². The molecule has 0 radical (unpaired) electrons. The normalized spacial score (nSPS) is 11.4. The standard InChI is InChI=1S/C19H16FNO4/c20-15-5-3-14(4-6-15)11-19(22)21-9-1-2-10-23-16-7-8-17-18(12-16)25-13-24-17/h3-8,12H,9-11,13H2,(H,21,22). The van der Waals surface area contributed by atoms with E-state index in [1.165, 1.54) is 12.1 Å². The van der Waals surface area contributed by atoms with Gasteiger partial charge in [0, 0.05) is 6.07 Å². The number of hydrogen-bond acceptors (Lipinski definition) is 4. The Morgan fingerprint density at radius 1 is 1.12 bits per heavy atom. The molecule has 3 rings (SSSR count). The van der Waals surface area contributed by atoms with Gasteiger partial charge < -0.3 is 19.5 Å². The third-order valence-corrected chi connectivity index (χ3v) is 3.43. The fourth-order valence-electron chi connectivity index (χ4n) is 2.19. The van der Waals surface area contributed by atoms with Crippen LogP contribution < -0.4 is 19.5 Å². The summed E-state index contributed by atoms with van der Waals surface area (Å²) in [6.07, 6.45) is 0.190. The summed E-state index contributed by atoms with van der Waals surface area (Å²) in [5, 5.41) is 2.68. The van der Waals surface area contributed by atoms with Crippen LogP contribution in [-0.4, -0.2) is 25.9 Å². The fraction of sp³-hybridized carbons (Fsp3) is 0.211. The maximum Gasteiger partial charge on any atom is 0.231 e. The monoisotopic (exact) mass is 341 g/mol. The highest BCUT2D eigenvalue weighted by Gasteiger charge is 2.13. The Bertz CT molecular complexity index is 808. The van der Waals surface area contributed by atoms with Gasteiger partial charge in [-0.05, 0) is 29.8 Å². The first-order chi connectivity index (χ1) is 12.2. The molecule has 1 heterocycles. The van der Waals surface area contributed by atoms with Crippen LogP contribution in [0, 0.1) is 17.7 Å². The van der Waals surface area contributed by atoms with Gasteiger partial charge in [-0.3, -0.25) is 4.79 Å². The first-order valence-corrected chi connectivity index (χ1v) is 7.70. The van der Waals surface area contributed by atoms with Crippen LogP contribution in [-0.2, 0) is 11.2 Å². The van der Waals surface area contributed by atoms with Crippen molar-refractivity contribution >= 4 is 5.91 Å². The number of nitrogens with one attached hydrogen (secondary N) is 1. The number of carbonyl (C=O) groups excluding carboxylic acids is 1. The van der Waals surface area contributed by atoms with Gasteiger partial charge in [0.15, 0.2) is 11.5 Å². The van der Waals surface area contributed by atoms with E-state index >= 15 is 0 Å². The van der Waals surface area contributed by atoms with Crippen LogP contribution in [0.5, 0.6) is 17.2 Å². The molecule has 25 heavy (non-hydrogen) atoms. The summed E-state index contributed by atoms with van der Waals surface area (Å²) in [4.78, 5) is 11.7. The molecule has 1 amide bonds. The summed E-state index contributed by atoms with van der Waals surface area (Å²) < 4.78 is 28.8. The quantitative estimate of drug-likeness (QED) is 0.848. The number of ether oxygens (including phenoxy) is 3. The lowest BCUT2D eigenvalue weighted by atomic mass is 10.1. The number of halogens is 1. The van der Waals surface area contributed by atoms with Crippen molar-refractivity contribution in [1.82, 2.24) is 5.32 Å². The van der Waals surface area contributed by atoms with Crippen molar-refractivity contribution in [3.8, 4) is 29.1 Å². The summed E-state index contributed by atoms with van der Waals surface area (Å²) >= 11 is 0. The number of hydrogen-bond donors (Lipinski definition) is 1. The van der Waals surface area contributed by atoms with Crippen LogP contribution in [0.15, 0.2) is 42.5 Å². The topological polar surface area (TPSA) is 56.8 Å². The van der Waals surface area contributed by atoms with Crippen LogP contribution in [0.4, 0.5) is 4.39 Å². The van der Waals surface area contributed by atoms with Gasteiger partial charge in [0.25, 0.3) is 0 Å². The van der Waals surface area contributed by atoms with E-state index < -0.39 is 0 Å². The van der Waals surface area contributed by atoms with Crippen molar-refractivity contribution < 1.29 is 23.4 Å². The Morgan fingerprint density at radius 3 is 2.76 bits per heavy atom. The predicted molar refractivity (Wildman–Crippen MR) is 88.9 cm³/mol. The maximum absolute atomic E-state index is 12.8. The van der Waals surface area contributed by atoms with E-state index in [1.807, 2.05) is 0 Å². The SMILES string of the molecule is O=C(Cc1ccc(F)cc1)NCC#CCOc1ccc2c(c1)OCO2. The molecule has 128 valence electrons. The second kappa shape index (κ2) is 8.06. The van der Waals surface area contributed by atoms with Crippen molar-refractivity contribution in [1.29, 1.82) is 0 Å². The number of benzene rings is 2. The van der Waals surface area contributed by atoms with Gasteiger partial charge in [-0.25, -0.2) is 4.39 Å². The highest BCUT2D eigenvalue weighted by molar-refractivity contribution is 5.78. The van der Waals surface area contributed by atoms with E-state index in [0.29, 0.717) is 17.2 Å². The molecule has 0 saturated carbocycles. The molecular weight excluding hydrogens is 325 g/mol. The number of amides is 1. The van der Waals surface area contributed by atoms with E-state index in [0.717, 1.165) is 5.56 Å². The van der Waals surface area contributed by atoms with Crippen molar-refractivity contribution in [3.63, 3.8) is 0 Å². The smallest absolute Gasteiger partial charge is 0.231 e. The number of fused-ring (bicyclic) bond motifs is 1. The van der Waals surface area contributed by atoms with Gasteiger partial charge in [-0.2, -0.15) is 0 Å². The first-order valence-electron chi connectivity index (χ1n) is 7.70. The minimum Gasteiger partial charge on any atom is -0.481 e. The zero-order valence-corrected chi connectivity index (χ0v) is 13.4. The summed E-state index contributed by atoms with van der Waals surface area (Å²) in [7, 11) is 0. The molecule has 6 heteroatoms. The molecular formula is C19H16FNO4. The Morgan fingerprint density at radius 2 is 1.92 bits per heavy atom. The highest BCUT2D eigenvalue weighted by Crippen LogP contribution is 2.34. The van der Waals surface area contributed by atoms with Gasteiger partial charge in [-0.1, -0.05) is 24.0 Å². The third-order valence-electron chi connectivity index (χ3n) is 3.43. The minimum absolute atomic E-state index is 0.169. The fourth-order valence-corrected chi connectivity index (χ4v) is 2.19. The molecule has 0 spiro atoms. The van der Waals surface area contributed by atoms with Crippen molar-refractivity contribution in [2.24, 2.45) is 0 Å². The van der Waals surface area contributed by atoms with E-state index in [4.69, 9.17) is 14.2 Å². The average molecular weight is 341 g/mol. The highest BCUT2D eigenvalue weighted by atomic mass is 19.1. The molecule has 0 aliphatic carbocycles. The minimum atomic E-state index is -0.322. The van der Waals surface area contributed by atoms with Crippen molar-refractivity contribution in [2.75, 3.05) is 19.9 Å². The van der Waals surface area contributed by atoms with Gasteiger partial charge >= 0.3 is 0 Å². The summed E-state index contributed by atoms with van der Waals surface area (Å²) in [5.41, 5.74) is 0.748. The van der Waals surface area contributed by atoms with Crippen LogP contribution in [0.2, 0.25) is 0 Å².